The minimum Gasteiger partial charge on any atom is -0.478 e. The van der Waals surface area contributed by atoms with E-state index in [1.807, 2.05) is 29.6 Å². The normalized spacial score (nSPS) is 10.9. The van der Waals surface area contributed by atoms with Crippen molar-refractivity contribution in [3.05, 3.63) is 69.8 Å². The van der Waals surface area contributed by atoms with E-state index in [0.29, 0.717) is 16.5 Å². The zero-order chi connectivity index (χ0) is 19.0. The number of fused-ring (bicyclic) bond motifs is 1. The Kier molecular flexibility index (Phi) is 4.70. The lowest BCUT2D eigenvalue weighted by Crippen LogP contribution is -2.00. The standard InChI is InChI=1S/C19H11Cl2N3O2S/c20-11-3-1-10(2-4-11)14-8-27-18-16(14)17(22-9-23-18)24-12-5-6-15(21)13(7-12)19(25)26/h1-9H,(H,25,26)(H,22,23,24). The first-order valence-corrected chi connectivity index (χ1v) is 9.44. The van der Waals surface area contributed by atoms with Crippen LogP contribution in [-0.4, -0.2) is 21.0 Å². The van der Waals surface area contributed by atoms with Crippen molar-refractivity contribution < 1.29 is 9.90 Å². The Balaban J connectivity index is 1.81. The smallest absolute Gasteiger partial charge is 0.337 e. The van der Waals surface area contributed by atoms with E-state index in [2.05, 4.69) is 15.3 Å². The monoisotopic (exact) mass is 415 g/mol. The van der Waals surface area contributed by atoms with Gasteiger partial charge < -0.3 is 10.4 Å². The van der Waals surface area contributed by atoms with Crippen LogP contribution in [0.3, 0.4) is 0 Å². The van der Waals surface area contributed by atoms with Crippen molar-refractivity contribution in [2.24, 2.45) is 0 Å². The number of anilines is 2. The highest BCUT2D eigenvalue weighted by atomic mass is 35.5. The molecule has 2 aromatic carbocycles. The Morgan fingerprint density at radius 1 is 1.07 bits per heavy atom. The van der Waals surface area contributed by atoms with Gasteiger partial charge in [0.2, 0.25) is 0 Å². The number of carboxylic acid groups (broad SMARTS) is 1. The molecular weight excluding hydrogens is 405 g/mol. The highest BCUT2D eigenvalue weighted by Gasteiger charge is 2.15. The minimum absolute atomic E-state index is 0.0233. The molecule has 5 nitrogen and oxygen atoms in total. The van der Waals surface area contributed by atoms with Crippen LogP contribution < -0.4 is 5.32 Å². The van der Waals surface area contributed by atoms with Crippen LogP contribution in [0.4, 0.5) is 11.5 Å². The molecule has 2 N–H and O–H groups in total. The average molecular weight is 416 g/mol. The second-order valence-corrected chi connectivity index (χ2v) is 7.39. The third kappa shape index (κ3) is 3.47. The largest absolute Gasteiger partial charge is 0.478 e. The summed E-state index contributed by atoms with van der Waals surface area (Å²) in [4.78, 5) is 20.8. The van der Waals surface area contributed by atoms with Crippen LogP contribution in [-0.2, 0) is 0 Å². The van der Waals surface area contributed by atoms with Gasteiger partial charge in [-0.15, -0.1) is 11.3 Å². The molecular formula is C19H11Cl2N3O2S. The van der Waals surface area contributed by atoms with Gasteiger partial charge in [-0.25, -0.2) is 14.8 Å². The Labute approximate surface area is 168 Å². The van der Waals surface area contributed by atoms with Crippen molar-refractivity contribution in [1.82, 2.24) is 9.97 Å². The van der Waals surface area contributed by atoms with Crippen molar-refractivity contribution >= 4 is 62.2 Å². The summed E-state index contributed by atoms with van der Waals surface area (Å²) in [6.45, 7) is 0. The van der Waals surface area contributed by atoms with E-state index in [9.17, 15) is 9.90 Å². The molecule has 0 aliphatic rings. The summed E-state index contributed by atoms with van der Waals surface area (Å²) in [6, 6.07) is 12.3. The summed E-state index contributed by atoms with van der Waals surface area (Å²) < 4.78 is 0. The molecule has 0 saturated carbocycles. The summed E-state index contributed by atoms with van der Waals surface area (Å²) in [5, 5.41) is 16.2. The number of rotatable bonds is 4. The molecule has 0 radical (unpaired) electrons. The van der Waals surface area contributed by atoms with E-state index in [0.717, 1.165) is 21.3 Å². The van der Waals surface area contributed by atoms with Crippen LogP contribution in [0.5, 0.6) is 0 Å². The zero-order valence-electron chi connectivity index (χ0n) is 13.6. The van der Waals surface area contributed by atoms with Crippen LogP contribution >= 0.6 is 34.5 Å². The van der Waals surface area contributed by atoms with E-state index in [1.54, 1.807) is 12.1 Å². The SMILES string of the molecule is O=C(O)c1cc(Nc2ncnc3scc(-c4ccc(Cl)cc4)c23)ccc1Cl. The van der Waals surface area contributed by atoms with E-state index < -0.39 is 5.97 Å². The third-order valence-corrected chi connectivity index (χ3v) is 5.45. The van der Waals surface area contributed by atoms with Gasteiger partial charge in [0.25, 0.3) is 0 Å². The number of nitrogens with zero attached hydrogens (tertiary/aromatic N) is 2. The lowest BCUT2D eigenvalue weighted by molar-refractivity contribution is 0.0697. The molecule has 0 fully saturated rings. The quantitative estimate of drug-likeness (QED) is 0.420. The lowest BCUT2D eigenvalue weighted by atomic mass is 10.1. The maximum atomic E-state index is 11.3. The number of aromatic carboxylic acids is 1. The van der Waals surface area contributed by atoms with Gasteiger partial charge in [-0.3, -0.25) is 0 Å². The third-order valence-electron chi connectivity index (χ3n) is 3.98. The number of carboxylic acids is 1. The number of hydrogen-bond donors (Lipinski definition) is 2. The van der Waals surface area contributed by atoms with E-state index in [4.69, 9.17) is 23.2 Å². The molecule has 0 bridgehead atoms. The molecule has 2 heterocycles. The molecule has 0 aliphatic heterocycles. The number of thiophene rings is 1. The van der Waals surface area contributed by atoms with E-state index in [1.165, 1.54) is 23.7 Å². The summed E-state index contributed by atoms with van der Waals surface area (Å²) in [7, 11) is 0. The lowest BCUT2D eigenvalue weighted by Gasteiger charge is -2.10. The van der Waals surface area contributed by atoms with E-state index in [-0.39, 0.29) is 10.6 Å². The van der Waals surface area contributed by atoms with Crippen molar-refractivity contribution in [2.45, 2.75) is 0 Å². The predicted octanol–water partition coefficient (Wildman–Crippen LogP) is 6.11. The molecule has 8 heteroatoms. The van der Waals surface area contributed by atoms with Gasteiger partial charge >= 0.3 is 5.97 Å². The number of aromatic nitrogens is 2. The Morgan fingerprint density at radius 2 is 1.85 bits per heavy atom. The van der Waals surface area contributed by atoms with Crippen LogP contribution in [0, 0.1) is 0 Å². The van der Waals surface area contributed by atoms with Crippen LogP contribution in [0.15, 0.2) is 54.2 Å². The van der Waals surface area contributed by atoms with Gasteiger partial charge in [0.05, 0.1) is 16.0 Å². The Hall–Kier alpha value is -2.67. The van der Waals surface area contributed by atoms with Crippen molar-refractivity contribution in [2.75, 3.05) is 5.32 Å². The topological polar surface area (TPSA) is 75.1 Å². The number of hydrogen-bond acceptors (Lipinski definition) is 5. The molecule has 2 aromatic heterocycles. The van der Waals surface area contributed by atoms with E-state index >= 15 is 0 Å². The fraction of sp³-hybridized carbons (Fsp3) is 0. The van der Waals surface area contributed by atoms with Crippen molar-refractivity contribution in [3.8, 4) is 11.1 Å². The zero-order valence-corrected chi connectivity index (χ0v) is 15.9. The molecule has 0 aliphatic carbocycles. The van der Waals surface area contributed by atoms with Gasteiger partial charge in [0.15, 0.2) is 0 Å². The van der Waals surface area contributed by atoms with Crippen LogP contribution in [0.25, 0.3) is 21.3 Å². The van der Waals surface area contributed by atoms with Crippen LogP contribution in [0.2, 0.25) is 10.0 Å². The van der Waals surface area contributed by atoms with Gasteiger partial charge in [0, 0.05) is 21.7 Å². The maximum Gasteiger partial charge on any atom is 0.337 e. The molecule has 4 rings (SSSR count). The fourth-order valence-electron chi connectivity index (χ4n) is 2.72. The number of nitrogens with one attached hydrogen (secondary N) is 1. The molecule has 134 valence electrons. The van der Waals surface area contributed by atoms with Crippen molar-refractivity contribution in [1.29, 1.82) is 0 Å². The fourth-order valence-corrected chi connectivity index (χ4v) is 3.96. The molecule has 0 unspecified atom stereocenters. The summed E-state index contributed by atoms with van der Waals surface area (Å²) >= 11 is 13.4. The van der Waals surface area contributed by atoms with Gasteiger partial charge in [0.1, 0.15) is 17.0 Å². The molecule has 0 amide bonds. The van der Waals surface area contributed by atoms with Gasteiger partial charge in [-0.1, -0.05) is 35.3 Å². The maximum absolute atomic E-state index is 11.3. The summed E-state index contributed by atoms with van der Waals surface area (Å²) in [5.41, 5.74) is 2.56. The average Bonchev–Trinajstić information content (AvgIpc) is 3.09. The Morgan fingerprint density at radius 3 is 2.59 bits per heavy atom. The van der Waals surface area contributed by atoms with Gasteiger partial charge in [-0.05, 0) is 35.9 Å². The number of halogens is 2. The summed E-state index contributed by atoms with van der Waals surface area (Å²) in [5.74, 6) is -0.501. The summed E-state index contributed by atoms with van der Waals surface area (Å²) in [6.07, 6.45) is 1.47. The predicted molar refractivity (Wildman–Crippen MR) is 110 cm³/mol. The number of benzene rings is 2. The molecule has 0 spiro atoms. The first-order valence-electron chi connectivity index (χ1n) is 7.81. The van der Waals surface area contributed by atoms with Gasteiger partial charge in [-0.2, -0.15) is 0 Å². The molecule has 27 heavy (non-hydrogen) atoms. The highest BCUT2D eigenvalue weighted by molar-refractivity contribution is 7.17. The molecule has 4 aromatic rings. The highest BCUT2D eigenvalue weighted by Crippen LogP contribution is 2.38. The minimum atomic E-state index is -1.09. The first kappa shape index (κ1) is 17.7. The van der Waals surface area contributed by atoms with Crippen LogP contribution in [0.1, 0.15) is 10.4 Å². The second kappa shape index (κ2) is 7.15. The molecule has 0 atom stereocenters. The van der Waals surface area contributed by atoms with Crippen molar-refractivity contribution in [3.63, 3.8) is 0 Å². The first-order chi connectivity index (χ1) is 13.0. The Bertz CT molecular complexity index is 1160. The second-order valence-electron chi connectivity index (χ2n) is 5.68. The molecule has 0 saturated heterocycles. The number of carbonyl (C=O) groups is 1.